The Balaban J connectivity index is 2.66. The van der Waals surface area contributed by atoms with Crippen LogP contribution in [0.15, 0.2) is 33.4 Å². The van der Waals surface area contributed by atoms with Gasteiger partial charge in [-0.3, -0.25) is 4.79 Å². The predicted molar refractivity (Wildman–Crippen MR) is 58.5 cm³/mol. The smallest absolute Gasteiger partial charge is 0.325 e. The van der Waals surface area contributed by atoms with Crippen LogP contribution in [0, 0.1) is 0 Å². The molecule has 2 rings (SSSR count). The standard InChI is InChI=1S/C10H8BrNO3/c11-7-4-15-9-5(7)2-1-3-6(9)8(12)10(13)14/h1-4,8H,12H2,(H,13,14). The van der Waals surface area contributed by atoms with E-state index in [0.29, 0.717) is 11.1 Å². The summed E-state index contributed by atoms with van der Waals surface area (Å²) >= 11 is 3.31. The Kier molecular flexibility index (Phi) is 2.50. The molecule has 15 heavy (non-hydrogen) atoms. The topological polar surface area (TPSA) is 76.5 Å². The molecule has 0 saturated heterocycles. The first-order chi connectivity index (χ1) is 7.11. The van der Waals surface area contributed by atoms with Crippen LogP contribution in [-0.2, 0) is 4.79 Å². The van der Waals surface area contributed by atoms with Crippen molar-refractivity contribution in [2.45, 2.75) is 6.04 Å². The van der Waals surface area contributed by atoms with Crippen LogP contribution in [0.25, 0.3) is 11.0 Å². The van der Waals surface area contributed by atoms with Gasteiger partial charge in [0.05, 0.1) is 4.47 Å². The maximum Gasteiger partial charge on any atom is 0.325 e. The number of furan rings is 1. The van der Waals surface area contributed by atoms with Gasteiger partial charge in [0.1, 0.15) is 17.9 Å². The number of fused-ring (bicyclic) bond motifs is 1. The molecular weight excluding hydrogens is 262 g/mol. The lowest BCUT2D eigenvalue weighted by atomic mass is 10.1. The van der Waals surface area contributed by atoms with Crippen LogP contribution in [0.2, 0.25) is 0 Å². The largest absolute Gasteiger partial charge is 0.480 e. The molecule has 0 aliphatic heterocycles. The van der Waals surface area contributed by atoms with Crippen molar-refractivity contribution in [3.8, 4) is 0 Å². The first-order valence-corrected chi connectivity index (χ1v) is 5.04. The fourth-order valence-corrected chi connectivity index (χ4v) is 1.83. The highest BCUT2D eigenvalue weighted by Crippen LogP contribution is 2.30. The first-order valence-electron chi connectivity index (χ1n) is 4.25. The van der Waals surface area contributed by atoms with Crippen molar-refractivity contribution in [1.29, 1.82) is 0 Å². The molecule has 2 aromatic rings. The van der Waals surface area contributed by atoms with Crippen molar-refractivity contribution in [2.24, 2.45) is 5.73 Å². The van der Waals surface area contributed by atoms with Crippen LogP contribution in [0.5, 0.6) is 0 Å². The molecule has 1 heterocycles. The third kappa shape index (κ3) is 1.64. The summed E-state index contributed by atoms with van der Waals surface area (Å²) in [5.74, 6) is -1.07. The van der Waals surface area contributed by atoms with Crippen molar-refractivity contribution in [3.63, 3.8) is 0 Å². The maximum absolute atomic E-state index is 10.8. The van der Waals surface area contributed by atoms with Gasteiger partial charge in [0.15, 0.2) is 0 Å². The van der Waals surface area contributed by atoms with Gasteiger partial charge in [-0.05, 0) is 22.0 Å². The molecule has 0 spiro atoms. The molecule has 1 atom stereocenters. The van der Waals surface area contributed by atoms with Gasteiger partial charge in [-0.2, -0.15) is 0 Å². The minimum atomic E-state index is -1.07. The van der Waals surface area contributed by atoms with Crippen LogP contribution in [0.1, 0.15) is 11.6 Å². The molecule has 0 aliphatic carbocycles. The van der Waals surface area contributed by atoms with Gasteiger partial charge in [0, 0.05) is 10.9 Å². The number of carboxylic acid groups (broad SMARTS) is 1. The highest BCUT2D eigenvalue weighted by Gasteiger charge is 2.19. The number of para-hydroxylation sites is 1. The Labute approximate surface area is 93.8 Å². The number of aliphatic carboxylic acids is 1. The van der Waals surface area contributed by atoms with Crippen molar-refractivity contribution in [3.05, 3.63) is 34.5 Å². The van der Waals surface area contributed by atoms with E-state index in [4.69, 9.17) is 15.3 Å². The fourth-order valence-electron chi connectivity index (χ4n) is 1.43. The number of rotatable bonds is 2. The molecule has 0 saturated carbocycles. The highest BCUT2D eigenvalue weighted by atomic mass is 79.9. The van der Waals surface area contributed by atoms with Gasteiger partial charge >= 0.3 is 5.97 Å². The second-order valence-corrected chi connectivity index (χ2v) is 3.98. The fraction of sp³-hybridized carbons (Fsp3) is 0.100. The van der Waals surface area contributed by atoms with Gasteiger partial charge in [0.2, 0.25) is 0 Å². The van der Waals surface area contributed by atoms with Crippen LogP contribution >= 0.6 is 15.9 Å². The minimum absolute atomic E-state index is 0.478. The van der Waals surface area contributed by atoms with E-state index >= 15 is 0 Å². The Hall–Kier alpha value is -1.33. The molecule has 78 valence electrons. The summed E-state index contributed by atoms with van der Waals surface area (Å²) in [6, 6.07) is 4.17. The molecular formula is C10H8BrNO3. The molecule has 0 amide bonds. The Morgan fingerprint density at radius 2 is 2.27 bits per heavy atom. The Morgan fingerprint density at radius 3 is 2.93 bits per heavy atom. The van der Waals surface area contributed by atoms with Gasteiger partial charge in [-0.1, -0.05) is 12.1 Å². The summed E-state index contributed by atoms with van der Waals surface area (Å²) in [6.07, 6.45) is 1.52. The predicted octanol–water partition coefficient (Wildman–Crippen LogP) is 2.28. The molecule has 0 aliphatic rings. The van der Waals surface area contributed by atoms with Gasteiger partial charge in [0.25, 0.3) is 0 Å². The average molecular weight is 270 g/mol. The molecule has 4 nitrogen and oxygen atoms in total. The third-order valence-electron chi connectivity index (χ3n) is 2.18. The zero-order valence-corrected chi connectivity index (χ0v) is 9.19. The number of hydrogen-bond donors (Lipinski definition) is 2. The maximum atomic E-state index is 10.8. The Bertz CT molecular complexity index is 520. The molecule has 5 heteroatoms. The van der Waals surface area contributed by atoms with E-state index in [0.717, 1.165) is 9.86 Å². The van der Waals surface area contributed by atoms with Crippen molar-refractivity contribution >= 4 is 32.9 Å². The molecule has 1 aromatic heterocycles. The number of halogens is 1. The van der Waals surface area contributed by atoms with E-state index in [9.17, 15) is 4.79 Å². The number of benzene rings is 1. The summed E-state index contributed by atoms with van der Waals surface area (Å²) in [5.41, 5.74) is 6.53. The number of hydrogen-bond acceptors (Lipinski definition) is 3. The lowest BCUT2D eigenvalue weighted by Crippen LogP contribution is -2.20. The minimum Gasteiger partial charge on any atom is -0.480 e. The molecule has 3 N–H and O–H groups in total. The zero-order chi connectivity index (χ0) is 11.0. The van der Waals surface area contributed by atoms with Crippen LogP contribution in [0.4, 0.5) is 0 Å². The molecule has 0 radical (unpaired) electrons. The van der Waals surface area contributed by atoms with E-state index in [1.54, 1.807) is 12.1 Å². The molecule has 1 aromatic carbocycles. The summed E-state index contributed by atoms with van der Waals surface area (Å²) in [4.78, 5) is 10.8. The second-order valence-electron chi connectivity index (χ2n) is 3.12. The first kappa shape index (κ1) is 10.2. The normalized spacial score (nSPS) is 12.9. The lowest BCUT2D eigenvalue weighted by molar-refractivity contribution is -0.138. The van der Waals surface area contributed by atoms with E-state index in [1.165, 1.54) is 6.26 Å². The lowest BCUT2D eigenvalue weighted by Gasteiger charge is -2.06. The third-order valence-corrected chi connectivity index (χ3v) is 2.80. The summed E-state index contributed by atoms with van der Waals surface area (Å²) in [7, 11) is 0. The van der Waals surface area contributed by atoms with Crippen molar-refractivity contribution in [1.82, 2.24) is 0 Å². The highest BCUT2D eigenvalue weighted by molar-refractivity contribution is 9.10. The number of nitrogens with two attached hydrogens (primary N) is 1. The SMILES string of the molecule is NC(C(=O)O)c1cccc2c(Br)coc12. The zero-order valence-electron chi connectivity index (χ0n) is 7.61. The second kappa shape index (κ2) is 3.67. The van der Waals surface area contributed by atoms with Gasteiger partial charge in [-0.15, -0.1) is 0 Å². The summed E-state index contributed by atoms with van der Waals surface area (Å²) in [6.45, 7) is 0. The van der Waals surface area contributed by atoms with Crippen LogP contribution < -0.4 is 5.73 Å². The van der Waals surface area contributed by atoms with E-state index < -0.39 is 12.0 Å². The average Bonchev–Trinajstić information content (AvgIpc) is 2.59. The monoisotopic (exact) mass is 269 g/mol. The molecule has 0 fully saturated rings. The van der Waals surface area contributed by atoms with Gasteiger partial charge in [-0.25, -0.2) is 0 Å². The van der Waals surface area contributed by atoms with E-state index in [2.05, 4.69) is 15.9 Å². The van der Waals surface area contributed by atoms with Crippen LogP contribution in [-0.4, -0.2) is 11.1 Å². The molecule has 1 unspecified atom stereocenters. The molecule has 0 bridgehead atoms. The van der Waals surface area contributed by atoms with E-state index in [-0.39, 0.29) is 0 Å². The quantitative estimate of drug-likeness (QED) is 0.877. The Morgan fingerprint density at radius 1 is 1.53 bits per heavy atom. The van der Waals surface area contributed by atoms with E-state index in [1.807, 2.05) is 6.07 Å². The number of carboxylic acids is 1. The van der Waals surface area contributed by atoms with Crippen molar-refractivity contribution in [2.75, 3.05) is 0 Å². The summed E-state index contributed by atoms with van der Waals surface area (Å²) < 4.78 is 6.05. The van der Waals surface area contributed by atoms with Crippen molar-refractivity contribution < 1.29 is 14.3 Å². The van der Waals surface area contributed by atoms with Crippen LogP contribution in [0.3, 0.4) is 0 Å². The number of carbonyl (C=O) groups is 1. The summed E-state index contributed by atoms with van der Waals surface area (Å²) in [5, 5.41) is 9.65. The van der Waals surface area contributed by atoms with Gasteiger partial charge < -0.3 is 15.3 Å².